The van der Waals surface area contributed by atoms with E-state index >= 15 is 0 Å². The van der Waals surface area contributed by atoms with Crippen LogP contribution in [0.4, 0.5) is 0 Å². The number of rotatable bonds is 5. The lowest BCUT2D eigenvalue weighted by Gasteiger charge is -2.27. The van der Waals surface area contributed by atoms with Gasteiger partial charge >= 0.3 is 0 Å². The molecule has 0 saturated carbocycles. The van der Waals surface area contributed by atoms with E-state index in [-0.39, 0.29) is 0 Å². The Morgan fingerprint density at radius 1 is 1.13 bits per heavy atom. The molecule has 2 heteroatoms. The molecule has 15 heavy (non-hydrogen) atoms. The fraction of sp³-hybridized carbons (Fsp3) is 1.00. The van der Waals surface area contributed by atoms with Crippen molar-refractivity contribution in [1.82, 2.24) is 4.90 Å². The Balaban J connectivity index is 2.26. The van der Waals surface area contributed by atoms with Gasteiger partial charge in [0, 0.05) is 19.8 Å². The van der Waals surface area contributed by atoms with Crippen molar-refractivity contribution in [3.8, 4) is 0 Å². The quantitative estimate of drug-likeness (QED) is 0.696. The van der Waals surface area contributed by atoms with Crippen molar-refractivity contribution in [2.75, 3.05) is 32.8 Å². The summed E-state index contributed by atoms with van der Waals surface area (Å²) in [6.45, 7) is 10.2. The normalized spacial score (nSPS) is 23.8. The van der Waals surface area contributed by atoms with Gasteiger partial charge in [0.05, 0.1) is 0 Å². The molecule has 0 aromatic rings. The summed E-state index contributed by atoms with van der Waals surface area (Å²) in [5.74, 6) is 0.872. The second kappa shape index (κ2) is 8.12. The molecule has 0 aliphatic carbocycles. The van der Waals surface area contributed by atoms with Crippen LogP contribution in [0.15, 0.2) is 0 Å². The zero-order valence-corrected chi connectivity index (χ0v) is 10.5. The van der Waals surface area contributed by atoms with Crippen LogP contribution in [0, 0.1) is 5.92 Å². The zero-order chi connectivity index (χ0) is 10.9. The summed E-state index contributed by atoms with van der Waals surface area (Å²) in [6.07, 6.45) is 6.56. The molecule has 90 valence electrons. The molecule has 0 radical (unpaired) electrons. The maximum atomic E-state index is 5.56. The van der Waals surface area contributed by atoms with Gasteiger partial charge in [0.15, 0.2) is 0 Å². The Labute approximate surface area is 95.0 Å². The summed E-state index contributed by atoms with van der Waals surface area (Å²) in [5, 5.41) is 0. The van der Waals surface area contributed by atoms with Gasteiger partial charge in [-0.2, -0.15) is 0 Å². The average Bonchev–Trinajstić information content (AvgIpc) is 2.20. The summed E-state index contributed by atoms with van der Waals surface area (Å²) in [7, 11) is 0. The molecule has 1 rings (SSSR count). The standard InChI is InChI=1S/C13H27NO/c1-3-9-14(4-2)12-13-7-5-6-10-15-11-8-13/h13H,3-12H2,1-2H3. The van der Waals surface area contributed by atoms with Crippen LogP contribution in [0.2, 0.25) is 0 Å². The number of hydrogen-bond acceptors (Lipinski definition) is 2. The highest BCUT2D eigenvalue weighted by Gasteiger charge is 2.14. The van der Waals surface area contributed by atoms with Gasteiger partial charge in [0.25, 0.3) is 0 Å². The predicted molar refractivity (Wildman–Crippen MR) is 65.2 cm³/mol. The third-order valence-electron chi connectivity index (χ3n) is 3.32. The van der Waals surface area contributed by atoms with Crippen LogP contribution >= 0.6 is 0 Å². The molecule has 0 N–H and O–H groups in total. The van der Waals surface area contributed by atoms with Crippen molar-refractivity contribution in [2.45, 2.75) is 46.0 Å². The van der Waals surface area contributed by atoms with Crippen LogP contribution < -0.4 is 0 Å². The molecule has 1 atom stereocenters. The molecule has 2 nitrogen and oxygen atoms in total. The molecule has 0 aromatic heterocycles. The lowest BCUT2D eigenvalue weighted by atomic mass is 9.97. The number of nitrogens with zero attached hydrogens (tertiary/aromatic N) is 1. The first-order valence-electron chi connectivity index (χ1n) is 6.66. The molecule has 0 bridgehead atoms. The molecule has 0 spiro atoms. The molecule has 1 unspecified atom stereocenters. The smallest absolute Gasteiger partial charge is 0.0469 e. The van der Waals surface area contributed by atoms with Crippen molar-refractivity contribution in [1.29, 1.82) is 0 Å². The van der Waals surface area contributed by atoms with Crippen LogP contribution in [-0.4, -0.2) is 37.7 Å². The number of hydrogen-bond donors (Lipinski definition) is 0. The van der Waals surface area contributed by atoms with E-state index in [2.05, 4.69) is 18.7 Å². The van der Waals surface area contributed by atoms with Crippen LogP contribution in [0.25, 0.3) is 0 Å². The summed E-state index contributed by atoms with van der Waals surface area (Å²) in [6, 6.07) is 0. The van der Waals surface area contributed by atoms with Gasteiger partial charge < -0.3 is 9.64 Å². The molecular weight excluding hydrogens is 186 g/mol. The monoisotopic (exact) mass is 213 g/mol. The SMILES string of the molecule is CCCN(CC)CC1CCCCOCC1. The van der Waals surface area contributed by atoms with E-state index < -0.39 is 0 Å². The largest absolute Gasteiger partial charge is 0.381 e. The Kier molecular flexibility index (Phi) is 7.03. The van der Waals surface area contributed by atoms with E-state index in [0.29, 0.717) is 0 Å². The van der Waals surface area contributed by atoms with E-state index in [1.807, 2.05) is 0 Å². The molecule has 0 amide bonds. The highest BCUT2D eigenvalue weighted by atomic mass is 16.5. The summed E-state index contributed by atoms with van der Waals surface area (Å²) in [5.41, 5.74) is 0. The maximum Gasteiger partial charge on any atom is 0.0469 e. The highest BCUT2D eigenvalue weighted by Crippen LogP contribution is 2.17. The molecule has 1 saturated heterocycles. The minimum atomic E-state index is 0.872. The molecule has 1 fully saturated rings. The van der Waals surface area contributed by atoms with Gasteiger partial charge in [-0.1, -0.05) is 20.3 Å². The van der Waals surface area contributed by atoms with Gasteiger partial charge in [0.1, 0.15) is 0 Å². The lowest BCUT2D eigenvalue weighted by Crippen LogP contribution is -2.31. The molecule has 1 heterocycles. The van der Waals surface area contributed by atoms with Crippen molar-refractivity contribution in [3.63, 3.8) is 0 Å². The lowest BCUT2D eigenvalue weighted by molar-refractivity contribution is 0.0897. The van der Waals surface area contributed by atoms with Gasteiger partial charge in [-0.05, 0) is 44.7 Å². The highest BCUT2D eigenvalue weighted by molar-refractivity contribution is 4.67. The first kappa shape index (κ1) is 13.0. The van der Waals surface area contributed by atoms with Gasteiger partial charge in [-0.15, -0.1) is 0 Å². The third-order valence-corrected chi connectivity index (χ3v) is 3.32. The summed E-state index contributed by atoms with van der Waals surface area (Å²) in [4.78, 5) is 2.59. The van der Waals surface area contributed by atoms with Gasteiger partial charge in [0.2, 0.25) is 0 Å². The molecular formula is C13H27NO. The average molecular weight is 213 g/mol. The molecule has 1 aliphatic heterocycles. The molecule has 1 aliphatic rings. The first-order valence-corrected chi connectivity index (χ1v) is 6.66. The van der Waals surface area contributed by atoms with Crippen LogP contribution in [0.3, 0.4) is 0 Å². The minimum absolute atomic E-state index is 0.872. The maximum absolute atomic E-state index is 5.56. The Bertz CT molecular complexity index is 141. The van der Waals surface area contributed by atoms with Crippen molar-refractivity contribution < 1.29 is 4.74 Å². The first-order chi connectivity index (χ1) is 7.36. The predicted octanol–water partition coefficient (Wildman–Crippen LogP) is 2.93. The second-order valence-corrected chi connectivity index (χ2v) is 4.66. The number of ether oxygens (including phenoxy) is 1. The Hall–Kier alpha value is -0.0800. The Morgan fingerprint density at radius 2 is 2.00 bits per heavy atom. The van der Waals surface area contributed by atoms with Gasteiger partial charge in [-0.3, -0.25) is 0 Å². The van der Waals surface area contributed by atoms with Crippen molar-refractivity contribution in [3.05, 3.63) is 0 Å². The minimum Gasteiger partial charge on any atom is -0.381 e. The summed E-state index contributed by atoms with van der Waals surface area (Å²) < 4.78 is 5.56. The zero-order valence-electron chi connectivity index (χ0n) is 10.5. The van der Waals surface area contributed by atoms with E-state index in [0.717, 1.165) is 19.1 Å². The van der Waals surface area contributed by atoms with Crippen LogP contribution in [0.5, 0.6) is 0 Å². The van der Waals surface area contributed by atoms with Crippen molar-refractivity contribution in [2.24, 2.45) is 5.92 Å². The van der Waals surface area contributed by atoms with E-state index in [1.165, 1.54) is 51.7 Å². The van der Waals surface area contributed by atoms with E-state index in [9.17, 15) is 0 Å². The van der Waals surface area contributed by atoms with Crippen LogP contribution in [0.1, 0.15) is 46.0 Å². The topological polar surface area (TPSA) is 12.5 Å². The fourth-order valence-corrected chi connectivity index (χ4v) is 2.38. The van der Waals surface area contributed by atoms with Crippen molar-refractivity contribution >= 4 is 0 Å². The Morgan fingerprint density at radius 3 is 2.73 bits per heavy atom. The van der Waals surface area contributed by atoms with Gasteiger partial charge in [-0.25, -0.2) is 0 Å². The van der Waals surface area contributed by atoms with E-state index in [1.54, 1.807) is 0 Å². The fourth-order valence-electron chi connectivity index (χ4n) is 2.38. The molecule has 0 aromatic carbocycles. The third kappa shape index (κ3) is 5.53. The summed E-state index contributed by atoms with van der Waals surface area (Å²) >= 11 is 0. The second-order valence-electron chi connectivity index (χ2n) is 4.66. The van der Waals surface area contributed by atoms with E-state index in [4.69, 9.17) is 4.74 Å². The van der Waals surface area contributed by atoms with Crippen LogP contribution in [-0.2, 0) is 4.74 Å².